The van der Waals surface area contributed by atoms with Crippen LogP contribution in [0.3, 0.4) is 0 Å². The highest BCUT2D eigenvalue weighted by atomic mass is 16.5. The van der Waals surface area contributed by atoms with Crippen molar-refractivity contribution in [1.29, 1.82) is 0 Å². The van der Waals surface area contributed by atoms with E-state index in [4.69, 9.17) is 4.74 Å². The van der Waals surface area contributed by atoms with Gasteiger partial charge >= 0.3 is 12.1 Å². The molecule has 2 atom stereocenters. The van der Waals surface area contributed by atoms with Crippen molar-refractivity contribution < 1.29 is 24.2 Å². The Labute approximate surface area is 206 Å². The summed E-state index contributed by atoms with van der Waals surface area (Å²) in [5, 5.41) is 12.3. The molecule has 2 N–H and O–H groups in total. The number of rotatable bonds is 8. The molecule has 1 fully saturated rings. The first-order chi connectivity index (χ1) is 16.9. The number of likely N-dealkylation sites (tertiary alicyclic amines) is 1. The molecule has 2 unspecified atom stereocenters. The van der Waals surface area contributed by atoms with Gasteiger partial charge < -0.3 is 20.1 Å². The lowest BCUT2D eigenvalue weighted by Crippen LogP contribution is -2.49. The van der Waals surface area contributed by atoms with Crippen LogP contribution in [-0.4, -0.2) is 53.7 Å². The van der Waals surface area contributed by atoms with E-state index in [0.29, 0.717) is 19.5 Å². The van der Waals surface area contributed by atoms with Crippen LogP contribution < -0.4 is 5.32 Å². The van der Waals surface area contributed by atoms with Crippen LogP contribution >= 0.6 is 0 Å². The van der Waals surface area contributed by atoms with E-state index >= 15 is 0 Å². The Morgan fingerprint density at radius 3 is 2.26 bits per heavy atom. The zero-order valence-corrected chi connectivity index (χ0v) is 20.4. The number of piperidine rings is 1. The molecule has 1 saturated heterocycles. The van der Waals surface area contributed by atoms with E-state index in [0.717, 1.165) is 24.0 Å². The minimum absolute atomic E-state index is 0.0114. The molecule has 0 spiro atoms. The number of aliphatic carboxylic acids is 1. The van der Waals surface area contributed by atoms with Gasteiger partial charge in [0.25, 0.3) is 0 Å². The number of carboxylic acids is 1. The van der Waals surface area contributed by atoms with Gasteiger partial charge in [-0.2, -0.15) is 0 Å². The molecule has 35 heavy (non-hydrogen) atoms. The summed E-state index contributed by atoms with van der Waals surface area (Å²) >= 11 is 0. The largest absolute Gasteiger partial charge is 0.480 e. The van der Waals surface area contributed by atoms with Crippen LogP contribution in [0.1, 0.15) is 56.6 Å². The molecule has 2 aliphatic rings. The number of carbonyl (C=O) groups is 3. The summed E-state index contributed by atoms with van der Waals surface area (Å²) < 4.78 is 5.62. The van der Waals surface area contributed by atoms with Gasteiger partial charge in [0, 0.05) is 25.4 Å². The number of hydrogen-bond acceptors (Lipinski definition) is 4. The molecule has 1 aliphatic carbocycles. The van der Waals surface area contributed by atoms with Crippen LogP contribution in [0.4, 0.5) is 4.79 Å². The number of ether oxygens (including phenoxy) is 1. The second-order valence-electron chi connectivity index (χ2n) is 9.85. The Bertz CT molecular complexity index is 1040. The lowest BCUT2D eigenvalue weighted by molar-refractivity contribution is -0.152. The number of nitrogens with zero attached hydrogens (tertiary/aromatic N) is 1. The highest BCUT2D eigenvalue weighted by Crippen LogP contribution is 2.44. The van der Waals surface area contributed by atoms with E-state index in [-0.39, 0.29) is 36.7 Å². The number of alkyl carbamates (subject to hydrolysis) is 1. The molecule has 1 aliphatic heterocycles. The predicted molar refractivity (Wildman–Crippen MR) is 133 cm³/mol. The Balaban J connectivity index is 1.32. The number of fused-ring (bicyclic) bond motifs is 3. The SMILES string of the molecule is CC(C)C(CNC(=O)OCC1c2ccccc2-c2ccccc21)CC(=O)N1CCCCC1C(=O)O. The van der Waals surface area contributed by atoms with E-state index in [1.54, 1.807) is 0 Å². The van der Waals surface area contributed by atoms with Gasteiger partial charge in [0.1, 0.15) is 12.6 Å². The quantitative estimate of drug-likeness (QED) is 0.576. The van der Waals surface area contributed by atoms with Crippen molar-refractivity contribution >= 4 is 18.0 Å². The number of carboxylic acid groups (broad SMARTS) is 1. The molecule has 186 valence electrons. The van der Waals surface area contributed by atoms with Crippen molar-refractivity contribution in [3.8, 4) is 11.1 Å². The maximum absolute atomic E-state index is 12.9. The molecule has 2 amide bonds. The minimum atomic E-state index is -0.948. The van der Waals surface area contributed by atoms with Crippen LogP contribution in [0.15, 0.2) is 48.5 Å². The first-order valence-corrected chi connectivity index (χ1v) is 12.5. The van der Waals surface area contributed by atoms with E-state index in [1.807, 2.05) is 38.1 Å². The van der Waals surface area contributed by atoms with Gasteiger partial charge in [-0.3, -0.25) is 4.79 Å². The second kappa shape index (κ2) is 10.9. The molecule has 7 heteroatoms. The third kappa shape index (κ3) is 5.50. The second-order valence-corrected chi connectivity index (χ2v) is 9.85. The van der Waals surface area contributed by atoms with Crippen LogP contribution in [-0.2, 0) is 14.3 Å². The molecule has 0 radical (unpaired) electrons. The Morgan fingerprint density at radius 2 is 1.66 bits per heavy atom. The number of nitrogens with one attached hydrogen (secondary N) is 1. The average Bonchev–Trinajstić information content (AvgIpc) is 3.18. The Morgan fingerprint density at radius 1 is 1.03 bits per heavy atom. The third-order valence-corrected chi connectivity index (χ3v) is 7.34. The molecule has 7 nitrogen and oxygen atoms in total. The van der Waals surface area contributed by atoms with Gasteiger partial charge in [-0.1, -0.05) is 62.4 Å². The van der Waals surface area contributed by atoms with Crippen LogP contribution in [0, 0.1) is 11.8 Å². The zero-order chi connectivity index (χ0) is 24.9. The van der Waals surface area contributed by atoms with Gasteiger partial charge in [-0.25, -0.2) is 9.59 Å². The molecule has 0 aromatic heterocycles. The highest BCUT2D eigenvalue weighted by molar-refractivity contribution is 5.84. The van der Waals surface area contributed by atoms with Crippen molar-refractivity contribution in [2.75, 3.05) is 19.7 Å². The van der Waals surface area contributed by atoms with Gasteiger partial charge in [0.2, 0.25) is 5.91 Å². The monoisotopic (exact) mass is 478 g/mol. The number of hydrogen-bond donors (Lipinski definition) is 2. The normalized spacial score (nSPS) is 18.0. The first kappa shape index (κ1) is 24.8. The van der Waals surface area contributed by atoms with Gasteiger partial charge in [0.15, 0.2) is 0 Å². The fraction of sp³-hybridized carbons (Fsp3) is 0.464. The lowest BCUT2D eigenvalue weighted by atomic mass is 9.91. The molecule has 0 saturated carbocycles. The summed E-state index contributed by atoms with van der Waals surface area (Å²) in [7, 11) is 0. The maximum atomic E-state index is 12.9. The van der Waals surface area contributed by atoms with E-state index in [1.165, 1.54) is 16.0 Å². The summed E-state index contributed by atoms with van der Waals surface area (Å²) in [5.41, 5.74) is 4.66. The molecule has 2 aromatic rings. The number of benzene rings is 2. The molecular formula is C28H34N2O5. The fourth-order valence-corrected chi connectivity index (χ4v) is 5.24. The third-order valence-electron chi connectivity index (χ3n) is 7.34. The smallest absolute Gasteiger partial charge is 0.407 e. The molecule has 0 bridgehead atoms. The molecule has 4 rings (SSSR count). The topological polar surface area (TPSA) is 95.9 Å². The maximum Gasteiger partial charge on any atom is 0.407 e. The van der Waals surface area contributed by atoms with Crippen molar-refractivity contribution in [2.24, 2.45) is 11.8 Å². The summed E-state index contributed by atoms with van der Waals surface area (Å²) in [6.07, 6.45) is 1.82. The van der Waals surface area contributed by atoms with E-state index < -0.39 is 18.1 Å². The van der Waals surface area contributed by atoms with E-state index in [9.17, 15) is 19.5 Å². The van der Waals surface area contributed by atoms with Gasteiger partial charge in [-0.05, 0) is 53.4 Å². The Hall–Kier alpha value is -3.35. The summed E-state index contributed by atoms with van der Waals surface area (Å²) in [5.74, 6) is -1.09. The van der Waals surface area contributed by atoms with Crippen LogP contribution in [0.2, 0.25) is 0 Å². The summed E-state index contributed by atoms with van der Waals surface area (Å²) in [6.45, 7) is 5.01. The molecule has 2 aromatic carbocycles. The number of amides is 2. The predicted octanol–water partition coefficient (Wildman–Crippen LogP) is 4.65. The van der Waals surface area contributed by atoms with Crippen molar-refractivity contribution in [3.63, 3.8) is 0 Å². The molecular weight excluding hydrogens is 444 g/mol. The number of carbonyl (C=O) groups excluding carboxylic acids is 2. The summed E-state index contributed by atoms with van der Waals surface area (Å²) in [6, 6.07) is 15.6. The minimum Gasteiger partial charge on any atom is -0.480 e. The standard InChI is InChI=1S/C28H34N2O5/c1-18(2)19(15-26(31)30-14-8-7-13-25(30)27(32)33)16-29-28(34)35-17-24-22-11-5-3-9-20(22)21-10-4-6-12-23(21)24/h3-6,9-12,18-19,24-25H,7-8,13-17H2,1-2H3,(H,29,34)(H,32,33). The van der Waals surface area contributed by atoms with Crippen molar-refractivity contribution in [2.45, 2.75) is 51.5 Å². The van der Waals surface area contributed by atoms with Gasteiger partial charge in [-0.15, -0.1) is 0 Å². The molecule has 1 heterocycles. The van der Waals surface area contributed by atoms with Gasteiger partial charge in [0.05, 0.1) is 0 Å². The lowest BCUT2D eigenvalue weighted by Gasteiger charge is -2.34. The first-order valence-electron chi connectivity index (χ1n) is 12.5. The fourth-order valence-electron chi connectivity index (χ4n) is 5.24. The Kier molecular flexibility index (Phi) is 7.73. The van der Waals surface area contributed by atoms with Crippen LogP contribution in [0.5, 0.6) is 0 Å². The van der Waals surface area contributed by atoms with Crippen LogP contribution in [0.25, 0.3) is 11.1 Å². The van der Waals surface area contributed by atoms with Crippen molar-refractivity contribution in [3.05, 3.63) is 59.7 Å². The zero-order valence-electron chi connectivity index (χ0n) is 20.4. The van der Waals surface area contributed by atoms with Crippen molar-refractivity contribution in [1.82, 2.24) is 10.2 Å². The average molecular weight is 479 g/mol. The van der Waals surface area contributed by atoms with E-state index in [2.05, 4.69) is 29.6 Å². The highest BCUT2D eigenvalue weighted by Gasteiger charge is 2.33. The summed E-state index contributed by atoms with van der Waals surface area (Å²) in [4.78, 5) is 38.6.